The van der Waals surface area contributed by atoms with Gasteiger partial charge in [-0.3, -0.25) is 5.41 Å². The van der Waals surface area contributed by atoms with Crippen LogP contribution in [0.4, 0.5) is 0 Å². The van der Waals surface area contributed by atoms with Crippen LogP contribution < -0.4 is 5.73 Å². The number of nitrogens with one attached hydrogen (secondary N) is 1. The molecule has 0 spiro atoms. The predicted molar refractivity (Wildman–Crippen MR) is 42.7 cm³/mol. The lowest BCUT2D eigenvalue weighted by atomic mass is 10.6. The molecule has 3 N–H and O–H groups in total. The Morgan fingerprint density at radius 3 is 2.50 bits per heavy atom. The lowest BCUT2D eigenvalue weighted by Crippen LogP contribution is -2.13. The molecular formula is C3H5N5S2. The molecule has 0 unspecified atom stereocenters. The minimum atomic E-state index is -0.192. The molecule has 0 aliphatic rings. The molecular weight excluding hydrogens is 170 g/mol. The third-order valence-corrected chi connectivity index (χ3v) is 1.54. The van der Waals surface area contributed by atoms with Gasteiger partial charge in [-0.15, -0.1) is 17.7 Å². The van der Waals surface area contributed by atoms with Crippen LogP contribution in [0.15, 0.2) is 5.16 Å². The van der Waals surface area contributed by atoms with Gasteiger partial charge in [0.15, 0.2) is 11.0 Å². The zero-order valence-electron chi connectivity index (χ0n) is 4.81. The fraction of sp³-hybridized carbons (Fsp3) is 0. The van der Waals surface area contributed by atoms with Crippen LogP contribution in [0.1, 0.15) is 5.82 Å². The van der Waals surface area contributed by atoms with E-state index in [1.54, 1.807) is 0 Å². The summed E-state index contributed by atoms with van der Waals surface area (Å²) >= 11 is 7.70. The molecule has 1 rings (SSSR count). The minimum absolute atomic E-state index is 0.139. The Balaban J connectivity index is 3.10. The van der Waals surface area contributed by atoms with Gasteiger partial charge in [0.2, 0.25) is 5.82 Å². The summed E-state index contributed by atoms with van der Waals surface area (Å²) in [5, 5.41) is 10.9. The second kappa shape index (κ2) is 2.51. The van der Waals surface area contributed by atoms with Crippen LogP contribution in [0.3, 0.4) is 0 Å². The Hall–Kier alpha value is -0.690. The molecule has 0 radical (unpaired) electrons. The highest BCUT2D eigenvalue weighted by Gasteiger charge is 2.05. The Morgan fingerprint density at radius 1 is 1.70 bits per heavy atom. The van der Waals surface area contributed by atoms with E-state index in [0.29, 0.717) is 5.16 Å². The highest BCUT2D eigenvalue weighted by Crippen LogP contribution is 2.02. The van der Waals surface area contributed by atoms with E-state index >= 15 is 0 Å². The van der Waals surface area contributed by atoms with Crippen molar-refractivity contribution in [3.63, 3.8) is 0 Å². The van der Waals surface area contributed by atoms with Gasteiger partial charge in [0, 0.05) is 0 Å². The summed E-state index contributed by atoms with van der Waals surface area (Å²) in [6.45, 7) is 0. The van der Waals surface area contributed by atoms with Crippen LogP contribution >= 0.6 is 25.4 Å². The van der Waals surface area contributed by atoms with Crippen molar-refractivity contribution in [2.75, 3.05) is 0 Å². The van der Waals surface area contributed by atoms with Gasteiger partial charge in [-0.05, 0) is 12.8 Å². The molecule has 10 heavy (non-hydrogen) atoms. The number of amidine groups is 1. The smallest absolute Gasteiger partial charge is 0.217 e. The van der Waals surface area contributed by atoms with E-state index in [2.05, 4.69) is 35.5 Å². The van der Waals surface area contributed by atoms with Gasteiger partial charge in [-0.1, -0.05) is 0 Å². The van der Waals surface area contributed by atoms with Crippen LogP contribution in [0.25, 0.3) is 0 Å². The normalized spacial score (nSPS) is 9.80. The lowest BCUT2D eigenvalue weighted by molar-refractivity contribution is 0.911. The van der Waals surface area contributed by atoms with Gasteiger partial charge >= 0.3 is 0 Å². The minimum Gasteiger partial charge on any atom is -0.381 e. The molecule has 1 aromatic rings. The van der Waals surface area contributed by atoms with Crippen molar-refractivity contribution in [1.82, 2.24) is 14.2 Å². The molecule has 0 atom stereocenters. The van der Waals surface area contributed by atoms with E-state index in [-0.39, 0.29) is 11.7 Å². The van der Waals surface area contributed by atoms with Crippen LogP contribution in [0.2, 0.25) is 0 Å². The summed E-state index contributed by atoms with van der Waals surface area (Å²) in [5.41, 5.74) is 5.07. The van der Waals surface area contributed by atoms with E-state index in [1.807, 2.05) is 0 Å². The van der Waals surface area contributed by atoms with Crippen molar-refractivity contribution < 1.29 is 0 Å². The fourth-order valence-corrected chi connectivity index (χ4v) is 0.679. The molecule has 0 amide bonds. The molecule has 1 heterocycles. The van der Waals surface area contributed by atoms with Crippen molar-refractivity contribution in [2.24, 2.45) is 5.73 Å². The SMILES string of the molecule is N=C(N)c1nc(S)n(S)n1. The first kappa shape index (κ1) is 7.42. The van der Waals surface area contributed by atoms with Crippen molar-refractivity contribution in [3.05, 3.63) is 5.82 Å². The third kappa shape index (κ3) is 1.24. The number of nitrogen functional groups attached to an aromatic ring is 1. The van der Waals surface area contributed by atoms with E-state index in [9.17, 15) is 0 Å². The molecule has 0 saturated heterocycles. The van der Waals surface area contributed by atoms with Gasteiger partial charge < -0.3 is 5.73 Å². The first-order valence-corrected chi connectivity index (χ1v) is 3.15. The van der Waals surface area contributed by atoms with Gasteiger partial charge in [0.25, 0.3) is 0 Å². The lowest BCUT2D eigenvalue weighted by Gasteiger charge is -1.83. The van der Waals surface area contributed by atoms with Crippen LogP contribution in [-0.4, -0.2) is 20.0 Å². The van der Waals surface area contributed by atoms with Gasteiger partial charge in [0.1, 0.15) is 0 Å². The summed E-state index contributed by atoms with van der Waals surface area (Å²) in [7, 11) is 0. The quantitative estimate of drug-likeness (QED) is 0.265. The van der Waals surface area contributed by atoms with Crippen LogP contribution in [0.5, 0.6) is 0 Å². The summed E-state index contributed by atoms with van der Waals surface area (Å²) in [6, 6.07) is 0. The number of aromatic nitrogens is 3. The van der Waals surface area contributed by atoms with Crippen molar-refractivity contribution in [2.45, 2.75) is 5.16 Å². The molecule has 5 nitrogen and oxygen atoms in total. The molecule has 0 fully saturated rings. The average molecular weight is 175 g/mol. The summed E-state index contributed by atoms with van der Waals surface area (Å²) in [6.07, 6.45) is 0. The number of thiol groups is 2. The van der Waals surface area contributed by atoms with Crippen molar-refractivity contribution in [3.8, 4) is 0 Å². The van der Waals surface area contributed by atoms with E-state index < -0.39 is 0 Å². The predicted octanol–water partition coefficient (Wildman–Crippen LogP) is -0.456. The molecule has 0 bridgehead atoms. The first-order chi connectivity index (χ1) is 4.61. The summed E-state index contributed by atoms with van der Waals surface area (Å²) in [5.74, 6) is -0.0527. The Kier molecular flexibility index (Phi) is 1.86. The molecule has 54 valence electrons. The van der Waals surface area contributed by atoms with Gasteiger partial charge in [-0.25, -0.2) is 0 Å². The van der Waals surface area contributed by atoms with Gasteiger partial charge in [0.05, 0.1) is 0 Å². The second-order valence-electron chi connectivity index (χ2n) is 1.54. The third-order valence-electron chi connectivity index (χ3n) is 0.815. The van der Waals surface area contributed by atoms with Crippen LogP contribution in [0, 0.1) is 5.41 Å². The largest absolute Gasteiger partial charge is 0.381 e. The summed E-state index contributed by atoms with van der Waals surface area (Å²) < 4.78 is 1.14. The maximum absolute atomic E-state index is 6.92. The number of nitrogens with zero attached hydrogens (tertiary/aromatic N) is 3. The molecule has 7 heteroatoms. The van der Waals surface area contributed by atoms with E-state index in [1.165, 1.54) is 0 Å². The topological polar surface area (TPSA) is 80.6 Å². The number of hydrogen-bond acceptors (Lipinski definition) is 5. The number of nitrogens with two attached hydrogens (primary N) is 1. The number of hydrogen-bond donors (Lipinski definition) is 4. The van der Waals surface area contributed by atoms with Gasteiger partial charge in [-0.2, -0.15) is 9.07 Å². The average Bonchev–Trinajstić information content (AvgIpc) is 2.13. The monoisotopic (exact) mass is 175 g/mol. The molecule has 0 aliphatic heterocycles. The number of rotatable bonds is 1. The Bertz CT molecular complexity index is 246. The van der Waals surface area contributed by atoms with E-state index in [0.717, 1.165) is 4.09 Å². The highest BCUT2D eigenvalue weighted by atomic mass is 32.1. The highest BCUT2D eigenvalue weighted by molar-refractivity contribution is 7.82. The maximum atomic E-state index is 6.92. The summed E-state index contributed by atoms with van der Waals surface area (Å²) in [4.78, 5) is 3.70. The zero-order valence-corrected chi connectivity index (χ0v) is 6.60. The van der Waals surface area contributed by atoms with Crippen molar-refractivity contribution in [1.29, 1.82) is 5.41 Å². The van der Waals surface area contributed by atoms with Crippen LogP contribution in [-0.2, 0) is 0 Å². The molecule has 0 aliphatic carbocycles. The molecule has 0 saturated carbocycles. The maximum Gasteiger partial charge on any atom is 0.217 e. The molecule has 0 aromatic carbocycles. The van der Waals surface area contributed by atoms with Crippen molar-refractivity contribution >= 4 is 31.3 Å². The molecule has 1 aromatic heterocycles. The zero-order chi connectivity index (χ0) is 7.72. The fourth-order valence-electron chi connectivity index (χ4n) is 0.410. The Morgan fingerprint density at radius 2 is 2.30 bits per heavy atom. The van der Waals surface area contributed by atoms with E-state index in [4.69, 9.17) is 11.1 Å². The second-order valence-corrected chi connectivity index (χ2v) is 2.32. The first-order valence-electron chi connectivity index (χ1n) is 2.31. The standard InChI is InChI=1S/C3H5N5S2/c4-1(5)2-6-3(9)8(10)7-2/h10H,(H3,4,5)(H,6,7,9). The Labute approximate surface area is 68.1 Å².